The summed E-state index contributed by atoms with van der Waals surface area (Å²) in [7, 11) is 0. The summed E-state index contributed by atoms with van der Waals surface area (Å²) >= 11 is 11.3. The fourth-order valence-electron chi connectivity index (χ4n) is 2.44. The standard InChI is InChI=1S/C15H15Cl2FN2O/c1-15(2)10(7-12(16)17)13(15)14(21)20-19-8-9-5-3-4-6-11(9)18/h3-8,10,13H,1-2H3,(H,20,21)/b19-8-/t10-,13-/m0/s1. The van der Waals surface area contributed by atoms with E-state index in [1.165, 1.54) is 12.3 Å². The molecule has 112 valence electrons. The summed E-state index contributed by atoms with van der Waals surface area (Å²) in [6, 6.07) is 6.19. The first-order chi connectivity index (χ1) is 9.84. The van der Waals surface area contributed by atoms with Crippen LogP contribution in [-0.2, 0) is 4.79 Å². The highest BCUT2D eigenvalue weighted by molar-refractivity contribution is 6.55. The Morgan fingerprint density at radius 2 is 2.05 bits per heavy atom. The predicted octanol–water partition coefficient (Wildman–Crippen LogP) is 3.87. The largest absolute Gasteiger partial charge is 0.273 e. The number of carbonyl (C=O) groups excluding carboxylic acids is 1. The quantitative estimate of drug-likeness (QED) is 0.661. The number of benzene rings is 1. The molecule has 1 fully saturated rings. The number of halogens is 3. The molecule has 1 amide bonds. The molecule has 6 heteroatoms. The lowest BCUT2D eigenvalue weighted by molar-refractivity contribution is -0.123. The van der Waals surface area contributed by atoms with E-state index in [-0.39, 0.29) is 27.6 Å². The van der Waals surface area contributed by atoms with Gasteiger partial charge < -0.3 is 0 Å². The number of hydrogen-bond acceptors (Lipinski definition) is 2. The molecule has 1 aliphatic rings. The molecule has 2 rings (SSSR count). The number of hydrazone groups is 1. The van der Waals surface area contributed by atoms with Crippen molar-refractivity contribution < 1.29 is 9.18 Å². The molecular weight excluding hydrogens is 314 g/mol. The van der Waals surface area contributed by atoms with Gasteiger partial charge in [-0.05, 0) is 23.5 Å². The number of nitrogens with zero attached hydrogens (tertiary/aromatic N) is 1. The first-order valence-electron chi connectivity index (χ1n) is 6.44. The summed E-state index contributed by atoms with van der Waals surface area (Å²) in [4.78, 5) is 12.1. The van der Waals surface area contributed by atoms with Crippen LogP contribution in [0.25, 0.3) is 0 Å². The number of nitrogens with one attached hydrogen (secondary N) is 1. The van der Waals surface area contributed by atoms with Crippen molar-refractivity contribution in [1.29, 1.82) is 0 Å². The Hall–Kier alpha value is -1.39. The Kier molecular flexibility index (Phi) is 4.69. The van der Waals surface area contributed by atoms with Gasteiger partial charge in [-0.1, -0.05) is 55.2 Å². The summed E-state index contributed by atoms with van der Waals surface area (Å²) < 4.78 is 13.5. The Balaban J connectivity index is 1.97. The topological polar surface area (TPSA) is 41.5 Å². The lowest BCUT2D eigenvalue weighted by Crippen LogP contribution is -2.22. The molecule has 1 aromatic carbocycles. The number of rotatable bonds is 4. The van der Waals surface area contributed by atoms with Gasteiger partial charge in [-0.3, -0.25) is 4.79 Å². The molecule has 0 unspecified atom stereocenters. The smallest absolute Gasteiger partial charge is 0.244 e. The van der Waals surface area contributed by atoms with E-state index in [4.69, 9.17) is 23.2 Å². The first-order valence-corrected chi connectivity index (χ1v) is 7.20. The van der Waals surface area contributed by atoms with Crippen molar-refractivity contribution in [2.75, 3.05) is 0 Å². The summed E-state index contributed by atoms with van der Waals surface area (Å²) in [5.41, 5.74) is 2.52. The maximum Gasteiger partial charge on any atom is 0.244 e. The molecule has 1 aliphatic carbocycles. The molecule has 0 saturated heterocycles. The van der Waals surface area contributed by atoms with Gasteiger partial charge in [0.15, 0.2) is 0 Å². The Bertz CT molecular complexity index is 609. The summed E-state index contributed by atoms with van der Waals surface area (Å²) in [6.45, 7) is 3.91. The van der Waals surface area contributed by atoms with Crippen LogP contribution in [0, 0.1) is 23.1 Å². The van der Waals surface area contributed by atoms with Crippen molar-refractivity contribution >= 4 is 35.3 Å². The van der Waals surface area contributed by atoms with E-state index >= 15 is 0 Å². The van der Waals surface area contributed by atoms with E-state index < -0.39 is 5.82 Å². The monoisotopic (exact) mass is 328 g/mol. The zero-order valence-electron chi connectivity index (χ0n) is 11.6. The van der Waals surface area contributed by atoms with E-state index in [9.17, 15) is 9.18 Å². The van der Waals surface area contributed by atoms with Gasteiger partial charge in [0.25, 0.3) is 0 Å². The SMILES string of the molecule is CC1(C)[C@H](C(=O)N/N=C\c2ccccc2F)[C@@H]1C=C(Cl)Cl. The minimum atomic E-state index is -0.392. The normalized spacial score (nSPS) is 22.9. The van der Waals surface area contributed by atoms with E-state index in [0.717, 1.165) is 0 Å². The summed E-state index contributed by atoms with van der Waals surface area (Å²) in [5.74, 6) is -0.894. The molecule has 1 aromatic rings. The number of amides is 1. The van der Waals surface area contributed by atoms with Crippen molar-refractivity contribution in [1.82, 2.24) is 5.43 Å². The van der Waals surface area contributed by atoms with Gasteiger partial charge in [-0.2, -0.15) is 5.10 Å². The van der Waals surface area contributed by atoms with Gasteiger partial charge in [0.2, 0.25) is 5.91 Å². The second-order valence-corrected chi connectivity index (χ2v) is 6.54. The third-order valence-electron chi connectivity index (χ3n) is 3.78. The van der Waals surface area contributed by atoms with Gasteiger partial charge in [-0.25, -0.2) is 9.82 Å². The van der Waals surface area contributed by atoms with E-state index in [2.05, 4.69) is 10.5 Å². The number of hydrogen-bond donors (Lipinski definition) is 1. The van der Waals surface area contributed by atoms with Crippen LogP contribution >= 0.6 is 23.2 Å². The molecule has 0 bridgehead atoms. The molecule has 1 N–H and O–H groups in total. The Morgan fingerprint density at radius 3 is 2.67 bits per heavy atom. The third-order valence-corrected chi connectivity index (χ3v) is 4.03. The number of carbonyl (C=O) groups is 1. The second kappa shape index (κ2) is 6.16. The highest BCUT2D eigenvalue weighted by atomic mass is 35.5. The molecule has 0 aliphatic heterocycles. The Labute approximate surface area is 132 Å². The zero-order valence-corrected chi connectivity index (χ0v) is 13.1. The van der Waals surface area contributed by atoms with Crippen LogP contribution in [0.3, 0.4) is 0 Å². The van der Waals surface area contributed by atoms with Crippen LogP contribution < -0.4 is 5.43 Å². The second-order valence-electron chi connectivity index (χ2n) is 5.54. The van der Waals surface area contributed by atoms with Gasteiger partial charge >= 0.3 is 0 Å². The average molecular weight is 329 g/mol. The Morgan fingerprint density at radius 1 is 1.38 bits per heavy atom. The van der Waals surface area contributed by atoms with Crippen LogP contribution in [0.1, 0.15) is 19.4 Å². The first kappa shape index (κ1) is 16.0. The van der Waals surface area contributed by atoms with Crippen molar-refractivity contribution in [2.45, 2.75) is 13.8 Å². The van der Waals surface area contributed by atoms with Crippen LogP contribution in [0.4, 0.5) is 4.39 Å². The van der Waals surface area contributed by atoms with Crippen molar-refractivity contribution in [2.24, 2.45) is 22.4 Å². The van der Waals surface area contributed by atoms with E-state index in [0.29, 0.717) is 5.56 Å². The summed E-state index contributed by atoms with van der Waals surface area (Å²) in [6.07, 6.45) is 2.94. The van der Waals surface area contributed by atoms with Gasteiger partial charge in [0.1, 0.15) is 10.3 Å². The van der Waals surface area contributed by atoms with Crippen LogP contribution in [0.15, 0.2) is 39.9 Å². The van der Waals surface area contributed by atoms with Gasteiger partial charge in [0, 0.05) is 5.56 Å². The molecule has 1 saturated carbocycles. The molecule has 0 radical (unpaired) electrons. The lowest BCUT2D eigenvalue weighted by atomic mass is 10.1. The van der Waals surface area contributed by atoms with Crippen LogP contribution in [-0.4, -0.2) is 12.1 Å². The van der Waals surface area contributed by atoms with Crippen molar-refractivity contribution in [3.8, 4) is 0 Å². The van der Waals surface area contributed by atoms with Crippen molar-refractivity contribution in [3.05, 3.63) is 46.2 Å². The highest BCUT2D eigenvalue weighted by Gasteiger charge is 2.60. The van der Waals surface area contributed by atoms with Gasteiger partial charge in [0.05, 0.1) is 12.1 Å². The molecule has 21 heavy (non-hydrogen) atoms. The average Bonchev–Trinajstić information content (AvgIpc) is 2.92. The molecule has 3 nitrogen and oxygen atoms in total. The fraction of sp³-hybridized carbons (Fsp3) is 0.333. The van der Waals surface area contributed by atoms with E-state index in [1.807, 2.05) is 13.8 Å². The maximum atomic E-state index is 13.4. The van der Waals surface area contributed by atoms with E-state index in [1.54, 1.807) is 24.3 Å². The molecule has 0 aromatic heterocycles. The van der Waals surface area contributed by atoms with Crippen molar-refractivity contribution in [3.63, 3.8) is 0 Å². The zero-order chi connectivity index (χ0) is 15.6. The van der Waals surface area contributed by atoms with Gasteiger partial charge in [-0.15, -0.1) is 0 Å². The highest BCUT2D eigenvalue weighted by Crippen LogP contribution is 2.59. The number of allylic oxidation sites excluding steroid dienone is 1. The summed E-state index contributed by atoms with van der Waals surface area (Å²) in [5, 5.41) is 3.79. The van der Waals surface area contributed by atoms with Crippen LogP contribution in [0.2, 0.25) is 0 Å². The fourth-order valence-corrected chi connectivity index (χ4v) is 2.71. The molecule has 0 heterocycles. The lowest BCUT2D eigenvalue weighted by Gasteiger charge is -2.01. The minimum Gasteiger partial charge on any atom is -0.273 e. The molecular formula is C15H15Cl2FN2O. The third kappa shape index (κ3) is 3.63. The molecule has 2 atom stereocenters. The van der Waals surface area contributed by atoms with Crippen LogP contribution in [0.5, 0.6) is 0 Å². The predicted molar refractivity (Wildman–Crippen MR) is 82.7 cm³/mol. The maximum absolute atomic E-state index is 13.4. The molecule has 0 spiro atoms. The minimum absolute atomic E-state index is 0.0221.